The highest BCUT2D eigenvalue weighted by atomic mass is 16.5. The Morgan fingerprint density at radius 2 is 1.92 bits per heavy atom. The summed E-state index contributed by atoms with van der Waals surface area (Å²) in [5.41, 5.74) is 1.01. The summed E-state index contributed by atoms with van der Waals surface area (Å²) >= 11 is 0. The molecule has 0 spiro atoms. The molecule has 1 aromatic rings. The van der Waals surface area contributed by atoms with Gasteiger partial charge in [0.1, 0.15) is 0 Å². The Hall–Kier alpha value is -1.95. The molecular formula is C18H27NO5. The SMILES string of the molecule is CCOC(=O)[C@H]1CCCN(Cc2ccc(OC)c(OC)c2OC)C1. The molecule has 1 aromatic carbocycles. The van der Waals surface area contributed by atoms with E-state index >= 15 is 0 Å². The molecule has 1 aliphatic rings. The van der Waals surface area contributed by atoms with E-state index in [0.717, 1.165) is 24.9 Å². The molecule has 2 rings (SSSR count). The number of carbonyl (C=O) groups is 1. The van der Waals surface area contributed by atoms with Crippen LogP contribution in [-0.2, 0) is 16.1 Å². The smallest absolute Gasteiger partial charge is 0.310 e. The first-order valence-electron chi connectivity index (χ1n) is 8.31. The zero-order valence-electron chi connectivity index (χ0n) is 15.0. The molecule has 1 heterocycles. The van der Waals surface area contributed by atoms with E-state index in [1.807, 2.05) is 19.1 Å². The minimum absolute atomic E-state index is 0.0511. The fraction of sp³-hybridized carbons (Fsp3) is 0.611. The van der Waals surface area contributed by atoms with Crippen LogP contribution in [0.3, 0.4) is 0 Å². The van der Waals surface area contributed by atoms with Gasteiger partial charge in [0.25, 0.3) is 0 Å². The zero-order chi connectivity index (χ0) is 17.5. The van der Waals surface area contributed by atoms with Crippen molar-refractivity contribution in [3.05, 3.63) is 17.7 Å². The number of benzene rings is 1. The molecule has 6 nitrogen and oxygen atoms in total. The van der Waals surface area contributed by atoms with Crippen molar-refractivity contribution in [3.8, 4) is 17.2 Å². The number of ether oxygens (including phenoxy) is 4. The fourth-order valence-corrected chi connectivity index (χ4v) is 3.18. The molecule has 0 radical (unpaired) electrons. The number of hydrogen-bond acceptors (Lipinski definition) is 6. The normalized spacial score (nSPS) is 18.1. The highest BCUT2D eigenvalue weighted by Gasteiger charge is 2.28. The van der Waals surface area contributed by atoms with Crippen LogP contribution in [0.4, 0.5) is 0 Å². The van der Waals surface area contributed by atoms with Crippen molar-refractivity contribution in [1.29, 1.82) is 0 Å². The summed E-state index contributed by atoms with van der Waals surface area (Å²) in [6, 6.07) is 3.86. The molecule has 0 amide bonds. The van der Waals surface area contributed by atoms with Gasteiger partial charge >= 0.3 is 5.97 Å². The summed E-state index contributed by atoms with van der Waals surface area (Å²) in [4.78, 5) is 14.3. The average molecular weight is 337 g/mol. The van der Waals surface area contributed by atoms with Crippen LogP contribution in [0.15, 0.2) is 12.1 Å². The maximum absolute atomic E-state index is 12.0. The Bertz CT molecular complexity index is 561. The van der Waals surface area contributed by atoms with Gasteiger partial charge in [-0.25, -0.2) is 0 Å². The van der Waals surface area contributed by atoms with Crippen molar-refractivity contribution < 1.29 is 23.7 Å². The molecule has 0 aromatic heterocycles. The van der Waals surface area contributed by atoms with Crippen molar-refractivity contribution in [2.24, 2.45) is 5.92 Å². The molecule has 1 saturated heterocycles. The number of likely N-dealkylation sites (tertiary alicyclic amines) is 1. The highest BCUT2D eigenvalue weighted by Crippen LogP contribution is 2.40. The molecule has 0 unspecified atom stereocenters. The summed E-state index contributed by atoms with van der Waals surface area (Å²) in [6.45, 7) is 4.62. The number of methoxy groups -OCH3 is 3. The summed E-state index contributed by atoms with van der Waals surface area (Å²) in [5.74, 6) is 1.76. The first kappa shape index (κ1) is 18.4. The first-order chi connectivity index (χ1) is 11.6. The van der Waals surface area contributed by atoms with Crippen molar-refractivity contribution in [2.75, 3.05) is 41.0 Å². The lowest BCUT2D eigenvalue weighted by Crippen LogP contribution is -2.39. The number of piperidine rings is 1. The van der Waals surface area contributed by atoms with Gasteiger partial charge in [0.05, 0.1) is 33.9 Å². The van der Waals surface area contributed by atoms with Gasteiger partial charge in [-0.1, -0.05) is 6.07 Å². The van der Waals surface area contributed by atoms with Gasteiger partial charge in [0, 0.05) is 18.7 Å². The molecule has 1 atom stereocenters. The lowest BCUT2D eigenvalue weighted by atomic mass is 9.97. The van der Waals surface area contributed by atoms with Crippen molar-refractivity contribution in [2.45, 2.75) is 26.3 Å². The predicted octanol–water partition coefficient (Wildman–Crippen LogP) is 2.49. The van der Waals surface area contributed by atoms with Crippen LogP contribution < -0.4 is 14.2 Å². The van der Waals surface area contributed by atoms with Gasteiger partial charge in [-0.05, 0) is 32.4 Å². The van der Waals surface area contributed by atoms with Crippen LogP contribution in [0.2, 0.25) is 0 Å². The Labute approximate surface area is 143 Å². The molecule has 6 heteroatoms. The predicted molar refractivity (Wildman–Crippen MR) is 90.7 cm³/mol. The largest absolute Gasteiger partial charge is 0.493 e. The standard InChI is InChI=1S/C18H27NO5/c1-5-24-18(20)14-7-6-10-19(12-14)11-13-8-9-15(21-2)17(23-4)16(13)22-3/h8-9,14H,5-7,10-12H2,1-4H3/t14-/m0/s1. The number of rotatable bonds is 7. The number of carbonyl (C=O) groups excluding carboxylic acids is 1. The van der Waals surface area contributed by atoms with Crippen LogP contribution in [0.25, 0.3) is 0 Å². The molecule has 0 saturated carbocycles. The minimum Gasteiger partial charge on any atom is -0.493 e. The summed E-state index contributed by atoms with van der Waals surface area (Å²) in [7, 11) is 4.83. The highest BCUT2D eigenvalue weighted by molar-refractivity contribution is 5.72. The van der Waals surface area contributed by atoms with E-state index in [1.165, 1.54) is 0 Å². The molecule has 1 aliphatic heterocycles. The lowest BCUT2D eigenvalue weighted by molar-refractivity contribution is -0.150. The van der Waals surface area contributed by atoms with E-state index in [-0.39, 0.29) is 11.9 Å². The second kappa shape index (κ2) is 8.78. The van der Waals surface area contributed by atoms with Crippen LogP contribution in [0.5, 0.6) is 17.2 Å². The van der Waals surface area contributed by atoms with E-state index in [1.54, 1.807) is 21.3 Å². The van der Waals surface area contributed by atoms with Gasteiger partial charge in [-0.2, -0.15) is 0 Å². The zero-order valence-corrected chi connectivity index (χ0v) is 15.0. The second-order valence-electron chi connectivity index (χ2n) is 5.82. The molecule has 0 N–H and O–H groups in total. The number of hydrogen-bond donors (Lipinski definition) is 0. The Morgan fingerprint density at radius 3 is 2.54 bits per heavy atom. The van der Waals surface area contributed by atoms with Gasteiger partial charge in [-0.15, -0.1) is 0 Å². The third-order valence-electron chi connectivity index (χ3n) is 4.31. The first-order valence-corrected chi connectivity index (χ1v) is 8.31. The third kappa shape index (κ3) is 4.12. The van der Waals surface area contributed by atoms with E-state index in [9.17, 15) is 4.79 Å². The molecule has 0 aliphatic carbocycles. The molecule has 0 bridgehead atoms. The van der Waals surface area contributed by atoms with E-state index in [2.05, 4.69) is 4.90 Å². The van der Waals surface area contributed by atoms with E-state index < -0.39 is 0 Å². The average Bonchev–Trinajstić information content (AvgIpc) is 2.61. The van der Waals surface area contributed by atoms with Crippen LogP contribution in [-0.4, -0.2) is 51.9 Å². The maximum atomic E-state index is 12.0. The lowest BCUT2D eigenvalue weighted by Gasteiger charge is -2.32. The van der Waals surface area contributed by atoms with Gasteiger partial charge in [0.2, 0.25) is 5.75 Å². The Morgan fingerprint density at radius 1 is 1.17 bits per heavy atom. The van der Waals surface area contributed by atoms with Crippen molar-refractivity contribution >= 4 is 5.97 Å². The van der Waals surface area contributed by atoms with Gasteiger partial charge in [-0.3, -0.25) is 9.69 Å². The molecule has 24 heavy (non-hydrogen) atoms. The molecular weight excluding hydrogens is 310 g/mol. The monoisotopic (exact) mass is 337 g/mol. The third-order valence-corrected chi connectivity index (χ3v) is 4.31. The van der Waals surface area contributed by atoms with Gasteiger partial charge < -0.3 is 18.9 Å². The number of esters is 1. The van der Waals surface area contributed by atoms with Crippen molar-refractivity contribution in [3.63, 3.8) is 0 Å². The van der Waals surface area contributed by atoms with E-state index in [0.29, 0.717) is 36.9 Å². The Balaban J connectivity index is 2.14. The molecule has 1 fully saturated rings. The van der Waals surface area contributed by atoms with Crippen LogP contribution >= 0.6 is 0 Å². The number of nitrogens with zero attached hydrogens (tertiary/aromatic N) is 1. The second-order valence-corrected chi connectivity index (χ2v) is 5.82. The maximum Gasteiger partial charge on any atom is 0.310 e. The summed E-state index contributed by atoms with van der Waals surface area (Å²) < 4.78 is 21.5. The topological polar surface area (TPSA) is 57.2 Å². The van der Waals surface area contributed by atoms with Crippen LogP contribution in [0, 0.1) is 5.92 Å². The molecule has 134 valence electrons. The summed E-state index contributed by atoms with van der Waals surface area (Å²) in [6.07, 6.45) is 1.87. The fourth-order valence-electron chi connectivity index (χ4n) is 3.18. The van der Waals surface area contributed by atoms with Crippen LogP contribution in [0.1, 0.15) is 25.3 Å². The quantitative estimate of drug-likeness (QED) is 0.713. The summed E-state index contributed by atoms with van der Waals surface area (Å²) in [5, 5.41) is 0. The van der Waals surface area contributed by atoms with Crippen molar-refractivity contribution in [1.82, 2.24) is 4.90 Å². The minimum atomic E-state index is -0.0959. The Kier molecular flexibility index (Phi) is 6.73. The van der Waals surface area contributed by atoms with Gasteiger partial charge in [0.15, 0.2) is 11.5 Å². The van der Waals surface area contributed by atoms with E-state index in [4.69, 9.17) is 18.9 Å².